The largest absolute Gasteiger partial charge is 0.495 e. The number of carbonyl (C=O) groups excluding carboxylic acids is 1. The van der Waals surface area contributed by atoms with E-state index in [9.17, 15) is 4.79 Å². The van der Waals surface area contributed by atoms with Crippen LogP contribution in [0.5, 0.6) is 5.75 Å². The third-order valence-corrected chi connectivity index (χ3v) is 3.79. The average molecular weight is 341 g/mol. The fourth-order valence-electron chi connectivity index (χ4n) is 2.09. The minimum Gasteiger partial charge on any atom is -0.495 e. The predicted octanol–water partition coefficient (Wildman–Crippen LogP) is 2.52. The molecule has 0 unspecified atom stereocenters. The molecule has 6 heteroatoms. The van der Waals surface area contributed by atoms with Crippen molar-refractivity contribution in [2.75, 3.05) is 19.0 Å². The fourth-order valence-corrected chi connectivity index (χ4v) is 2.50. The molecule has 1 aromatic rings. The Balaban J connectivity index is 1.90. The van der Waals surface area contributed by atoms with Crippen LogP contribution in [0.25, 0.3) is 0 Å². The van der Waals surface area contributed by atoms with E-state index in [2.05, 4.69) is 26.6 Å². The van der Waals surface area contributed by atoms with Crippen molar-refractivity contribution >= 4 is 27.6 Å². The number of nitrogens with one attached hydrogen (secondary N) is 2. The lowest BCUT2D eigenvalue weighted by atomic mass is 10.1. The summed E-state index contributed by atoms with van der Waals surface area (Å²) in [7, 11) is 1.57. The smallest absolute Gasteiger partial charge is 0.319 e. The number of hydrogen-bond acceptors (Lipinski definition) is 3. The summed E-state index contributed by atoms with van der Waals surface area (Å²) in [4.78, 5) is 11.9. The molecule has 1 aliphatic carbocycles. The molecule has 108 valence electrons. The van der Waals surface area contributed by atoms with E-state index >= 15 is 0 Å². The molecule has 0 saturated heterocycles. The zero-order chi connectivity index (χ0) is 14.5. The van der Waals surface area contributed by atoms with Crippen LogP contribution < -0.4 is 15.4 Å². The van der Waals surface area contributed by atoms with Crippen molar-refractivity contribution in [3.8, 4) is 5.75 Å². The van der Waals surface area contributed by atoms with Gasteiger partial charge in [0.1, 0.15) is 5.75 Å². The van der Waals surface area contributed by atoms with Crippen LogP contribution in [-0.2, 0) is 0 Å². The molecular weight excluding hydrogens is 324 g/mol. The number of benzene rings is 1. The van der Waals surface area contributed by atoms with Crippen molar-refractivity contribution in [3.05, 3.63) is 34.8 Å². The molecule has 3 N–H and O–H groups in total. The van der Waals surface area contributed by atoms with Crippen molar-refractivity contribution < 1.29 is 14.6 Å². The molecule has 0 spiro atoms. The zero-order valence-corrected chi connectivity index (χ0v) is 12.7. The molecule has 0 heterocycles. The number of carbonyl (C=O) groups is 1. The quantitative estimate of drug-likeness (QED) is 0.737. The molecule has 0 aliphatic heterocycles. The molecule has 0 radical (unpaired) electrons. The van der Waals surface area contributed by atoms with Gasteiger partial charge < -0.3 is 20.5 Å². The lowest BCUT2D eigenvalue weighted by Gasteiger charge is -2.14. The first-order chi connectivity index (χ1) is 9.62. The van der Waals surface area contributed by atoms with Crippen molar-refractivity contribution in [2.45, 2.75) is 12.5 Å². The molecule has 0 fully saturated rings. The number of aliphatic hydroxyl groups is 1. The molecule has 0 saturated carbocycles. The second kappa shape index (κ2) is 6.76. The van der Waals surface area contributed by atoms with Crippen molar-refractivity contribution in [3.63, 3.8) is 0 Å². The highest BCUT2D eigenvalue weighted by Gasteiger charge is 2.19. The normalized spacial score (nSPS) is 20.8. The molecule has 2 amide bonds. The Morgan fingerprint density at radius 3 is 2.95 bits per heavy atom. The van der Waals surface area contributed by atoms with Crippen molar-refractivity contribution in [1.29, 1.82) is 0 Å². The first-order valence-electron chi connectivity index (χ1n) is 6.32. The van der Waals surface area contributed by atoms with E-state index in [4.69, 9.17) is 9.84 Å². The number of halogens is 1. The fraction of sp³-hybridized carbons (Fsp3) is 0.357. The van der Waals surface area contributed by atoms with Gasteiger partial charge in [-0.15, -0.1) is 0 Å². The minimum absolute atomic E-state index is 0.0375. The van der Waals surface area contributed by atoms with Gasteiger partial charge in [0.15, 0.2) is 0 Å². The van der Waals surface area contributed by atoms with E-state index in [-0.39, 0.29) is 24.6 Å². The minimum atomic E-state index is -0.275. The van der Waals surface area contributed by atoms with Crippen LogP contribution >= 0.6 is 15.9 Å². The van der Waals surface area contributed by atoms with Crippen LogP contribution in [0.3, 0.4) is 0 Å². The molecule has 0 aromatic heterocycles. The highest BCUT2D eigenvalue weighted by molar-refractivity contribution is 9.10. The summed E-state index contributed by atoms with van der Waals surface area (Å²) in [6.07, 6.45) is 4.56. The zero-order valence-electron chi connectivity index (χ0n) is 11.1. The van der Waals surface area contributed by atoms with Gasteiger partial charge >= 0.3 is 6.03 Å². The Kier molecular flexibility index (Phi) is 5.03. The monoisotopic (exact) mass is 340 g/mol. The predicted molar refractivity (Wildman–Crippen MR) is 81.0 cm³/mol. The SMILES string of the molecule is COc1cc(NC(=O)N[C@@H]2C=C[C@H](CO)C2)ccc1Br. The number of urea groups is 1. The maximum atomic E-state index is 11.9. The second-order valence-corrected chi connectivity index (χ2v) is 5.47. The van der Waals surface area contributed by atoms with E-state index < -0.39 is 0 Å². The van der Waals surface area contributed by atoms with Crippen LogP contribution in [0.2, 0.25) is 0 Å². The first kappa shape index (κ1) is 14.9. The summed E-state index contributed by atoms with van der Waals surface area (Å²) in [5.74, 6) is 0.789. The van der Waals surface area contributed by atoms with E-state index in [1.165, 1.54) is 0 Å². The van der Waals surface area contributed by atoms with Crippen LogP contribution in [0, 0.1) is 5.92 Å². The van der Waals surface area contributed by atoms with Crippen LogP contribution in [-0.4, -0.2) is 30.9 Å². The van der Waals surface area contributed by atoms with Gasteiger partial charge in [-0.05, 0) is 34.5 Å². The third-order valence-electron chi connectivity index (χ3n) is 3.13. The third kappa shape index (κ3) is 3.74. The maximum absolute atomic E-state index is 11.9. The van der Waals surface area contributed by atoms with Gasteiger partial charge in [0.25, 0.3) is 0 Å². The number of rotatable bonds is 4. The molecule has 2 rings (SSSR count). The van der Waals surface area contributed by atoms with Gasteiger partial charge in [0, 0.05) is 30.3 Å². The molecule has 0 bridgehead atoms. The molecule has 5 nitrogen and oxygen atoms in total. The molecule has 20 heavy (non-hydrogen) atoms. The van der Waals surface area contributed by atoms with E-state index in [1.54, 1.807) is 19.2 Å². The summed E-state index contributed by atoms with van der Waals surface area (Å²) in [6, 6.07) is 5.02. The Morgan fingerprint density at radius 1 is 1.50 bits per heavy atom. The lowest BCUT2D eigenvalue weighted by molar-refractivity contribution is 0.238. The van der Waals surface area contributed by atoms with E-state index in [0.717, 1.165) is 10.9 Å². The number of anilines is 1. The Labute approximate surface area is 126 Å². The molecule has 1 aromatic carbocycles. The van der Waals surface area contributed by atoms with Crippen molar-refractivity contribution in [1.82, 2.24) is 5.32 Å². The number of hydrogen-bond donors (Lipinski definition) is 3. The Hall–Kier alpha value is -1.53. The number of aliphatic hydroxyl groups excluding tert-OH is 1. The van der Waals surface area contributed by atoms with Gasteiger partial charge in [-0.25, -0.2) is 4.79 Å². The average Bonchev–Trinajstić information content (AvgIpc) is 2.88. The van der Waals surface area contributed by atoms with Crippen LogP contribution in [0.4, 0.5) is 10.5 Å². The summed E-state index contributed by atoms with van der Waals surface area (Å²) < 4.78 is 6.00. The highest BCUT2D eigenvalue weighted by Crippen LogP contribution is 2.27. The Morgan fingerprint density at radius 2 is 2.30 bits per heavy atom. The highest BCUT2D eigenvalue weighted by atomic mass is 79.9. The van der Waals surface area contributed by atoms with Gasteiger partial charge in [0.05, 0.1) is 11.6 Å². The number of methoxy groups -OCH3 is 1. The molecule has 2 atom stereocenters. The van der Waals surface area contributed by atoms with Gasteiger partial charge in [-0.3, -0.25) is 0 Å². The standard InChI is InChI=1S/C14H17BrN2O3/c1-20-13-7-11(4-5-12(13)15)17-14(19)16-10-3-2-9(6-10)8-18/h2-5,7,9-10,18H,6,8H2,1H3,(H2,16,17,19)/t9-,10+/m0/s1. The summed E-state index contributed by atoms with van der Waals surface area (Å²) in [5, 5.41) is 14.6. The second-order valence-electron chi connectivity index (χ2n) is 4.62. The van der Waals surface area contributed by atoms with E-state index in [1.807, 2.05) is 18.2 Å². The van der Waals surface area contributed by atoms with Gasteiger partial charge in [0.2, 0.25) is 0 Å². The summed E-state index contributed by atoms with van der Waals surface area (Å²) in [5.41, 5.74) is 0.656. The van der Waals surface area contributed by atoms with Crippen LogP contribution in [0.15, 0.2) is 34.8 Å². The number of ether oxygens (including phenoxy) is 1. The summed E-state index contributed by atoms with van der Waals surface area (Å²) in [6.45, 7) is 0.111. The van der Waals surface area contributed by atoms with Crippen molar-refractivity contribution in [2.24, 2.45) is 5.92 Å². The maximum Gasteiger partial charge on any atom is 0.319 e. The topological polar surface area (TPSA) is 70.6 Å². The first-order valence-corrected chi connectivity index (χ1v) is 7.12. The van der Waals surface area contributed by atoms with E-state index in [0.29, 0.717) is 11.4 Å². The Bertz CT molecular complexity index is 519. The molecular formula is C14H17BrN2O3. The summed E-state index contributed by atoms with van der Waals surface area (Å²) >= 11 is 3.36. The number of amides is 2. The lowest BCUT2D eigenvalue weighted by Crippen LogP contribution is -2.36. The van der Waals surface area contributed by atoms with Gasteiger partial charge in [-0.2, -0.15) is 0 Å². The van der Waals surface area contributed by atoms with Crippen LogP contribution in [0.1, 0.15) is 6.42 Å². The molecule has 1 aliphatic rings. The van der Waals surface area contributed by atoms with Gasteiger partial charge in [-0.1, -0.05) is 12.2 Å².